The molecule has 0 N–H and O–H groups in total. The Morgan fingerprint density at radius 1 is 1.19 bits per heavy atom. The second kappa shape index (κ2) is 7.10. The van der Waals surface area contributed by atoms with Gasteiger partial charge in [0.05, 0.1) is 0 Å². The second-order valence-electron chi connectivity index (χ2n) is 4.42. The van der Waals surface area contributed by atoms with Gasteiger partial charge in [-0.05, 0) is 25.5 Å². The van der Waals surface area contributed by atoms with E-state index in [0.717, 1.165) is 13.1 Å². The van der Waals surface area contributed by atoms with Crippen molar-refractivity contribution in [1.82, 2.24) is 0 Å². The van der Waals surface area contributed by atoms with E-state index < -0.39 is 0 Å². The van der Waals surface area contributed by atoms with Gasteiger partial charge in [-0.2, -0.15) is 0 Å². The molecular formula is C15H23N. The summed E-state index contributed by atoms with van der Waals surface area (Å²) in [6, 6.07) is 10.6. The van der Waals surface area contributed by atoms with Gasteiger partial charge >= 0.3 is 0 Å². The summed E-state index contributed by atoms with van der Waals surface area (Å²) in [6.45, 7) is 10.4. The first-order valence-electron chi connectivity index (χ1n) is 6.18. The highest BCUT2D eigenvalue weighted by atomic mass is 15.1. The lowest BCUT2D eigenvalue weighted by atomic mass is 10.2. The fourth-order valence-corrected chi connectivity index (χ4v) is 1.82. The van der Waals surface area contributed by atoms with Crippen LogP contribution in [0.25, 0.3) is 0 Å². The summed E-state index contributed by atoms with van der Waals surface area (Å²) in [5.41, 5.74) is 2.53. The molecule has 88 valence electrons. The fraction of sp³-hybridized carbons (Fsp3) is 0.467. The van der Waals surface area contributed by atoms with Crippen LogP contribution in [0.3, 0.4) is 0 Å². The Morgan fingerprint density at radius 3 is 2.44 bits per heavy atom. The molecule has 0 aliphatic carbocycles. The number of benzene rings is 1. The van der Waals surface area contributed by atoms with Gasteiger partial charge in [0, 0.05) is 18.8 Å². The van der Waals surface area contributed by atoms with Crippen molar-refractivity contribution >= 4 is 5.69 Å². The van der Waals surface area contributed by atoms with E-state index in [1.165, 1.54) is 30.5 Å². The van der Waals surface area contributed by atoms with Crippen LogP contribution in [-0.2, 0) is 0 Å². The molecule has 1 aromatic rings. The number of hydrogen-bond donors (Lipinski definition) is 0. The van der Waals surface area contributed by atoms with Gasteiger partial charge in [-0.15, -0.1) is 0 Å². The molecule has 1 rings (SSSR count). The van der Waals surface area contributed by atoms with Crippen molar-refractivity contribution < 1.29 is 0 Å². The number of rotatable bonds is 7. The summed E-state index contributed by atoms with van der Waals surface area (Å²) in [7, 11) is 0. The predicted octanol–water partition coefficient (Wildman–Crippen LogP) is 4.26. The number of nitrogens with zero attached hydrogens (tertiary/aromatic N) is 1. The first kappa shape index (κ1) is 12.8. The first-order chi connectivity index (χ1) is 7.74. The molecule has 0 aliphatic rings. The first-order valence-corrected chi connectivity index (χ1v) is 6.18. The maximum Gasteiger partial charge on any atom is 0.0383 e. The molecule has 0 heterocycles. The highest BCUT2D eigenvalue weighted by molar-refractivity contribution is 5.46. The van der Waals surface area contributed by atoms with E-state index in [1.54, 1.807) is 0 Å². The molecular weight excluding hydrogens is 194 g/mol. The molecule has 0 unspecified atom stereocenters. The maximum absolute atomic E-state index is 4.01. The third-order valence-electron chi connectivity index (χ3n) is 2.61. The van der Waals surface area contributed by atoms with Gasteiger partial charge in [0.25, 0.3) is 0 Å². The summed E-state index contributed by atoms with van der Waals surface area (Å²) in [4.78, 5) is 2.41. The number of hydrogen-bond acceptors (Lipinski definition) is 1. The van der Waals surface area contributed by atoms with E-state index in [-0.39, 0.29) is 0 Å². The van der Waals surface area contributed by atoms with Crippen LogP contribution < -0.4 is 4.90 Å². The third-order valence-corrected chi connectivity index (χ3v) is 2.61. The van der Waals surface area contributed by atoms with Crippen molar-refractivity contribution in [3.05, 3.63) is 42.5 Å². The van der Waals surface area contributed by atoms with Crippen LogP contribution in [0.2, 0.25) is 0 Å². The molecule has 0 aromatic heterocycles. The van der Waals surface area contributed by atoms with Crippen LogP contribution in [-0.4, -0.2) is 13.1 Å². The van der Waals surface area contributed by atoms with E-state index in [0.29, 0.717) is 0 Å². The zero-order valence-corrected chi connectivity index (χ0v) is 10.6. The Bertz CT molecular complexity index is 302. The van der Waals surface area contributed by atoms with Gasteiger partial charge < -0.3 is 4.90 Å². The zero-order chi connectivity index (χ0) is 11.8. The van der Waals surface area contributed by atoms with E-state index in [9.17, 15) is 0 Å². The SMILES string of the molecule is C=C(C)CN(CCCCC)c1ccccc1. The number of unbranched alkanes of at least 4 members (excludes halogenated alkanes) is 2. The van der Waals surface area contributed by atoms with Crippen molar-refractivity contribution in [1.29, 1.82) is 0 Å². The summed E-state index contributed by atoms with van der Waals surface area (Å²) in [5, 5.41) is 0. The Kier molecular flexibility index (Phi) is 5.69. The summed E-state index contributed by atoms with van der Waals surface area (Å²) < 4.78 is 0. The van der Waals surface area contributed by atoms with Crippen LogP contribution in [0.15, 0.2) is 42.5 Å². The van der Waals surface area contributed by atoms with Gasteiger partial charge in [0.2, 0.25) is 0 Å². The maximum atomic E-state index is 4.01. The Hall–Kier alpha value is -1.24. The predicted molar refractivity (Wildman–Crippen MR) is 73.0 cm³/mol. The van der Waals surface area contributed by atoms with Crippen LogP contribution >= 0.6 is 0 Å². The smallest absolute Gasteiger partial charge is 0.0383 e. The summed E-state index contributed by atoms with van der Waals surface area (Å²) in [6.07, 6.45) is 3.84. The number of para-hydroxylation sites is 1. The average molecular weight is 217 g/mol. The standard InChI is InChI=1S/C15H23N/c1-4-5-9-12-16(13-14(2)3)15-10-7-6-8-11-15/h6-8,10-11H,2,4-5,9,12-13H2,1,3H3. The minimum absolute atomic E-state index is 0.966. The van der Waals surface area contributed by atoms with Crippen LogP contribution in [0.1, 0.15) is 33.1 Å². The lowest BCUT2D eigenvalue weighted by Gasteiger charge is -2.25. The number of anilines is 1. The highest BCUT2D eigenvalue weighted by Crippen LogP contribution is 2.15. The molecule has 0 radical (unpaired) electrons. The van der Waals surface area contributed by atoms with Crippen molar-refractivity contribution in [2.75, 3.05) is 18.0 Å². The molecule has 0 saturated heterocycles. The minimum atomic E-state index is 0.966. The fourth-order valence-electron chi connectivity index (χ4n) is 1.82. The third kappa shape index (κ3) is 4.52. The van der Waals surface area contributed by atoms with E-state index in [1.807, 2.05) is 0 Å². The Balaban J connectivity index is 2.60. The van der Waals surface area contributed by atoms with Gasteiger partial charge in [-0.25, -0.2) is 0 Å². The minimum Gasteiger partial charge on any atom is -0.368 e. The van der Waals surface area contributed by atoms with Gasteiger partial charge in [0.1, 0.15) is 0 Å². The zero-order valence-electron chi connectivity index (χ0n) is 10.6. The normalized spacial score (nSPS) is 10.1. The topological polar surface area (TPSA) is 3.24 Å². The molecule has 0 saturated carbocycles. The summed E-state index contributed by atoms with van der Waals surface area (Å²) >= 11 is 0. The van der Waals surface area contributed by atoms with Gasteiger partial charge in [-0.3, -0.25) is 0 Å². The quantitative estimate of drug-likeness (QED) is 0.487. The van der Waals surface area contributed by atoms with Gasteiger partial charge in [0.15, 0.2) is 0 Å². The molecule has 0 amide bonds. The van der Waals surface area contributed by atoms with Crippen LogP contribution in [0.5, 0.6) is 0 Å². The lowest BCUT2D eigenvalue weighted by Crippen LogP contribution is -2.26. The largest absolute Gasteiger partial charge is 0.368 e. The molecule has 0 bridgehead atoms. The van der Waals surface area contributed by atoms with E-state index in [4.69, 9.17) is 0 Å². The molecule has 1 aromatic carbocycles. The van der Waals surface area contributed by atoms with Crippen molar-refractivity contribution in [2.24, 2.45) is 0 Å². The Morgan fingerprint density at radius 2 is 1.88 bits per heavy atom. The van der Waals surface area contributed by atoms with Crippen molar-refractivity contribution in [3.8, 4) is 0 Å². The van der Waals surface area contributed by atoms with E-state index in [2.05, 4.69) is 55.7 Å². The highest BCUT2D eigenvalue weighted by Gasteiger charge is 2.05. The molecule has 0 aliphatic heterocycles. The summed E-state index contributed by atoms with van der Waals surface area (Å²) in [5.74, 6) is 0. The van der Waals surface area contributed by atoms with Crippen LogP contribution in [0, 0.1) is 0 Å². The van der Waals surface area contributed by atoms with Gasteiger partial charge in [-0.1, -0.05) is 50.1 Å². The second-order valence-corrected chi connectivity index (χ2v) is 4.42. The van der Waals surface area contributed by atoms with E-state index >= 15 is 0 Å². The molecule has 0 atom stereocenters. The molecule has 1 nitrogen and oxygen atoms in total. The average Bonchev–Trinajstić information content (AvgIpc) is 2.29. The molecule has 16 heavy (non-hydrogen) atoms. The van der Waals surface area contributed by atoms with Crippen LogP contribution in [0.4, 0.5) is 5.69 Å². The van der Waals surface area contributed by atoms with Crippen molar-refractivity contribution in [2.45, 2.75) is 33.1 Å². The monoisotopic (exact) mass is 217 g/mol. The molecule has 1 heteroatoms. The van der Waals surface area contributed by atoms with Crippen molar-refractivity contribution in [3.63, 3.8) is 0 Å². The molecule has 0 fully saturated rings. The molecule has 0 spiro atoms. The Labute approximate surface area is 99.8 Å². The lowest BCUT2D eigenvalue weighted by molar-refractivity contribution is 0.689.